The van der Waals surface area contributed by atoms with Crippen LogP contribution in [-0.4, -0.2) is 9.97 Å². The number of aromatic nitrogens is 2. The summed E-state index contributed by atoms with van der Waals surface area (Å²) in [7, 11) is 0. The van der Waals surface area contributed by atoms with Gasteiger partial charge in [-0.2, -0.15) is 0 Å². The summed E-state index contributed by atoms with van der Waals surface area (Å²) in [6.45, 7) is 5.82. The van der Waals surface area contributed by atoms with Crippen molar-refractivity contribution in [1.82, 2.24) is 9.97 Å². The molecule has 0 aromatic carbocycles. The number of nitrogens with two attached hydrogens (primary N) is 1. The molecule has 0 aliphatic rings. The highest BCUT2D eigenvalue weighted by molar-refractivity contribution is 6.30. The summed E-state index contributed by atoms with van der Waals surface area (Å²) in [5.41, 5.74) is 3.27. The quantitative estimate of drug-likeness (QED) is 0.435. The van der Waals surface area contributed by atoms with Crippen molar-refractivity contribution in [2.24, 2.45) is 5.84 Å². The number of rotatable bonds is 2. The molecule has 0 saturated heterocycles. The first-order valence-corrected chi connectivity index (χ1v) is 4.44. The standard InChI is InChI=1S/C8H13ClN4/c1-4(2)7-11-6(9)5(3)8(12-7)13-10/h4H,10H2,1-3H3,(H,11,12,13). The van der Waals surface area contributed by atoms with Gasteiger partial charge in [0.15, 0.2) is 0 Å². The Labute approximate surface area is 82.5 Å². The molecule has 72 valence electrons. The molecule has 0 fully saturated rings. The van der Waals surface area contributed by atoms with Crippen LogP contribution in [0, 0.1) is 6.92 Å². The molecule has 0 radical (unpaired) electrons. The molecule has 4 nitrogen and oxygen atoms in total. The predicted octanol–water partition coefficient (Wildman–Crippen LogP) is 1.85. The smallest absolute Gasteiger partial charge is 0.148 e. The Kier molecular flexibility index (Phi) is 3.06. The zero-order valence-electron chi connectivity index (χ0n) is 7.93. The highest BCUT2D eigenvalue weighted by Crippen LogP contribution is 2.21. The van der Waals surface area contributed by atoms with E-state index < -0.39 is 0 Å². The average Bonchev–Trinajstić information content (AvgIpc) is 2.09. The molecule has 13 heavy (non-hydrogen) atoms. The fraction of sp³-hybridized carbons (Fsp3) is 0.500. The molecule has 0 aliphatic heterocycles. The van der Waals surface area contributed by atoms with Gasteiger partial charge in [0, 0.05) is 11.5 Å². The number of hydrazine groups is 1. The number of anilines is 1. The van der Waals surface area contributed by atoms with E-state index in [0.29, 0.717) is 16.8 Å². The van der Waals surface area contributed by atoms with Gasteiger partial charge in [0.2, 0.25) is 0 Å². The van der Waals surface area contributed by atoms with Crippen LogP contribution >= 0.6 is 11.6 Å². The van der Waals surface area contributed by atoms with Gasteiger partial charge in [-0.1, -0.05) is 25.4 Å². The van der Waals surface area contributed by atoms with E-state index in [9.17, 15) is 0 Å². The van der Waals surface area contributed by atoms with Gasteiger partial charge in [0.1, 0.15) is 16.8 Å². The van der Waals surface area contributed by atoms with Crippen molar-refractivity contribution in [3.63, 3.8) is 0 Å². The fourth-order valence-electron chi connectivity index (χ4n) is 0.904. The molecule has 0 unspecified atom stereocenters. The first-order chi connectivity index (χ1) is 6.06. The minimum Gasteiger partial charge on any atom is -0.308 e. The molecule has 1 aromatic heterocycles. The van der Waals surface area contributed by atoms with Crippen LogP contribution in [-0.2, 0) is 0 Å². The van der Waals surface area contributed by atoms with Crippen LogP contribution in [0.25, 0.3) is 0 Å². The molecule has 0 spiro atoms. The minimum absolute atomic E-state index is 0.241. The molecule has 5 heteroatoms. The Hall–Kier alpha value is -0.870. The first kappa shape index (κ1) is 10.2. The van der Waals surface area contributed by atoms with Gasteiger partial charge in [0.25, 0.3) is 0 Å². The molecule has 1 aromatic rings. The van der Waals surface area contributed by atoms with E-state index in [1.54, 1.807) is 0 Å². The third-order valence-corrected chi connectivity index (χ3v) is 2.12. The molecule has 0 aliphatic carbocycles. The highest BCUT2D eigenvalue weighted by atomic mass is 35.5. The highest BCUT2D eigenvalue weighted by Gasteiger charge is 2.10. The van der Waals surface area contributed by atoms with E-state index in [2.05, 4.69) is 15.4 Å². The van der Waals surface area contributed by atoms with Crippen LogP contribution in [0.2, 0.25) is 5.15 Å². The Bertz CT molecular complexity index is 311. The van der Waals surface area contributed by atoms with Crippen LogP contribution < -0.4 is 11.3 Å². The fourth-order valence-corrected chi connectivity index (χ4v) is 1.08. The summed E-state index contributed by atoms with van der Waals surface area (Å²) in [6.07, 6.45) is 0. The summed E-state index contributed by atoms with van der Waals surface area (Å²) in [5.74, 6) is 6.82. The Morgan fingerprint density at radius 3 is 2.46 bits per heavy atom. The third-order valence-electron chi connectivity index (χ3n) is 1.76. The lowest BCUT2D eigenvalue weighted by Crippen LogP contribution is -2.13. The SMILES string of the molecule is Cc1c(Cl)nc(C(C)C)nc1NN. The molecule has 1 rings (SSSR count). The Morgan fingerprint density at radius 2 is 2.00 bits per heavy atom. The van der Waals surface area contributed by atoms with E-state index in [0.717, 1.165) is 5.56 Å². The van der Waals surface area contributed by atoms with E-state index in [1.165, 1.54) is 0 Å². The lowest BCUT2D eigenvalue weighted by atomic mass is 10.2. The van der Waals surface area contributed by atoms with Crippen molar-refractivity contribution in [3.8, 4) is 0 Å². The van der Waals surface area contributed by atoms with Crippen molar-refractivity contribution in [1.29, 1.82) is 0 Å². The molecule has 0 bridgehead atoms. The maximum atomic E-state index is 5.90. The summed E-state index contributed by atoms with van der Waals surface area (Å²) >= 11 is 5.90. The number of hydrogen-bond donors (Lipinski definition) is 2. The van der Waals surface area contributed by atoms with E-state index >= 15 is 0 Å². The van der Waals surface area contributed by atoms with Gasteiger partial charge in [0.05, 0.1) is 0 Å². The zero-order chi connectivity index (χ0) is 10.0. The van der Waals surface area contributed by atoms with Crippen LogP contribution in [0.15, 0.2) is 0 Å². The summed E-state index contributed by atoms with van der Waals surface area (Å²) in [5, 5.41) is 0.451. The molecule has 0 amide bonds. The number of halogens is 1. The van der Waals surface area contributed by atoms with Gasteiger partial charge in [-0.05, 0) is 6.92 Å². The number of nitrogens with zero attached hydrogens (tertiary/aromatic N) is 2. The number of hydrogen-bond acceptors (Lipinski definition) is 4. The predicted molar refractivity (Wildman–Crippen MR) is 53.7 cm³/mol. The summed E-state index contributed by atoms with van der Waals surface area (Å²) < 4.78 is 0. The van der Waals surface area contributed by atoms with Crippen molar-refractivity contribution in [3.05, 3.63) is 16.5 Å². The minimum atomic E-state index is 0.241. The lowest BCUT2D eigenvalue weighted by Gasteiger charge is -2.09. The second-order valence-corrected chi connectivity index (χ2v) is 3.50. The number of nitrogens with one attached hydrogen (secondary N) is 1. The van der Waals surface area contributed by atoms with Gasteiger partial charge < -0.3 is 5.43 Å². The second-order valence-electron chi connectivity index (χ2n) is 3.15. The molecular weight excluding hydrogens is 188 g/mol. The maximum absolute atomic E-state index is 5.90. The largest absolute Gasteiger partial charge is 0.308 e. The Balaban J connectivity index is 3.22. The monoisotopic (exact) mass is 200 g/mol. The van der Waals surface area contributed by atoms with Crippen LogP contribution in [0.1, 0.15) is 31.2 Å². The lowest BCUT2D eigenvalue weighted by molar-refractivity contribution is 0.772. The normalized spacial score (nSPS) is 10.6. The van der Waals surface area contributed by atoms with Gasteiger partial charge in [-0.25, -0.2) is 15.8 Å². The van der Waals surface area contributed by atoms with Gasteiger partial charge in [-0.15, -0.1) is 0 Å². The molecule has 0 atom stereocenters. The maximum Gasteiger partial charge on any atom is 0.148 e. The van der Waals surface area contributed by atoms with Crippen LogP contribution in [0.4, 0.5) is 5.82 Å². The number of nitrogen functional groups attached to an aromatic ring is 1. The van der Waals surface area contributed by atoms with Gasteiger partial charge >= 0.3 is 0 Å². The summed E-state index contributed by atoms with van der Waals surface area (Å²) in [4.78, 5) is 8.36. The second kappa shape index (κ2) is 3.89. The average molecular weight is 201 g/mol. The van der Waals surface area contributed by atoms with Crippen molar-refractivity contribution in [2.75, 3.05) is 5.43 Å². The van der Waals surface area contributed by atoms with E-state index in [1.807, 2.05) is 20.8 Å². The van der Waals surface area contributed by atoms with Crippen LogP contribution in [0.3, 0.4) is 0 Å². The van der Waals surface area contributed by atoms with E-state index in [-0.39, 0.29) is 5.92 Å². The Morgan fingerprint density at radius 1 is 1.38 bits per heavy atom. The third kappa shape index (κ3) is 2.08. The van der Waals surface area contributed by atoms with Crippen molar-refractivity contribution >= 4 is 17.4 Å². The molecular formula is C8H13ClN4. The van der Waals surface area contributed by atoms with Crippen LogP contribution in [0.5, 0.6) is 0 Å². The van der Waals surface area contributed by atoms with E-state index in [4.69, 9.17) is 17.4 Å². The van der Waals surface area contributed by atoms with Gasteiger partial charge in [-0.3, -0.25) is 0 Å². The van der Waals surface area contributed by atoms with Crippen molar-refractivity contribution in [2.45, 2.75) is 26.7 Å². The summed E-state index contributed by atoms with van der Waals surface area (Å²) in [6, 6.07) is 0. The topological polar surface area (TPSA) is 63.8 Å². The zero-order valence-corrected chi connectivity index (χ0v) is 8.68. The molecule has 3 N–H and O–H groups in total. The molecule has 1 heterocycles. The first-order valence-electron chi connectivity index (χ1n) is 4.07. The van der Waals surface area contributed by atoms with Crippen molar-refractivity contribution < 1.29 is 0 Å². The molecule has 0 saturated carbocycles.